The van der Waals surface area contributed by atoms with Gasteiger partial charge in [0.1, 0.15) is 29.7 Å². The van der Waals surface area contributed by atoms with Gasteiger partial charge in [0.15, 0.2) is 0 Å². The molecule has 0 fully saturated rings. The molecule has 9 heteroatoms. The number of nitrogens with zero attached hydrogens (tertiary/aromatic N) is 6. The maximum Gasteiger partial charge on any atom is 0.350 e. The summed E-state index contributed by atoms with van der Waals surface area (Å²) in [5.41, 5.74) is 1.88. The van der Waals surface area contributed by atoms with E-state index in [1.807, 2.05) is 12.1 Å². The lowest BCUT2D eigenvalue weighted by molar-refractivity contribution is 0.541. The number of halogens is 2. The summed E-state index contributed by atoms with van der Waals surface area (Å²) in [5.74, 6) is -1.43. The van der Waals surface area contributed by atoms with E-state index in [9.17, 15) is 18.8 Å². The van der Waals surface area contributed by atoms with Crippen LogP contribution in [0.1, 0.15) is 22.5 Å². The molecule has 30 heavy (non-hydrogen) atoms. The van der Waals surface area contributed by atoms with E-state index in [0.717, 1.165) is 26.9 Å². The summed E-state index contributed by atoms with van der Waals surface area (Å²) >= 11 is 0. The molecule has 0 aliphatic heterocycles. The topological polar surface area (TPSA) is 81.4 Å². The third kappa shape index (κ3) is 3.51. The Hall–Kier alpha value is -4.06. The van der Waals surface area contributed by atoms with Gasteiger partial charge in [-0.25, -0.2) is 18.6 Å². The Balaban J connectivity index is 1.57. The van der Waals surface area contributed by atoms with Crippen LogP contribution >= 0.6 is 0 Å². The van der Waals surface area contributed by atoms with Gasteiger partial charge in [-0.2, -0.15) is 15.0 Å². The molecule has 4 rings (SSSR count). The fraction of sp³-hybridized carbons (Fsp3) is 0.143. The first-order valence-corrected chi connectivity index (χ1v) is 9.06. The van der Waals surface area contributed by atoms with E-state index in [0.29, 0.717) is 23.6 Å². The van der Waals surface area contributed by atoms with Crippen LogP contribution in [0.5, 0.6) is 0 Å². The second-order valence-electron chi connectivity index (χ2n) is 6.74. The number of nitriles is 1. The third-order valence-corrected chi connectivity index (χ3v) is 4.78. The van der Waals surface area contributed by atoms with E-state index in [1.165, 1.54) is 12.4 Å². The van der Waals surface area contributed by atoms with Gasteiger partial charge < -0.3 is 4.57 Å². The number of aromatic nitrogens is 5. The highest BCUT2D eigenvalue weighted by Crippen LogP contribution is 2.14. The van der Waals surface area contributed by atoms with Crippen LogP contribution in [0.4, 0.5) is 8.78 Å². The van der Waals surface area contributed by atoms with Crippen LogP contribution in [-0.4, -0.2) is 23.9 Å². The second-order valence-corrected chi connectivity index (χ2v) is 6.74. The van der Waals surface area contributed by atoms with Gasteiger partial charge in [-0.15, -0.1) is 0 Å². The van der Waals surface area contributed by atoms with Gasteiger partial charge in [0.2, 0.25) is 0 Å². The Morgan fingerprint density at radius 2 is 1.70 bits per heavy atom. The van der Waals surface area contributed by atoms with Crippen molar-refractivity contribution in [1.82, 2.24) is 23.9 Å². The molecular weight excluding hydrogens is 390 g/mol. The molecular formula is C21H16F2N6O. The summed E-state index contributed by atoms with van der Waals surface area (Å²) < 4.78 is 31.8. The van der Waals surface area contributed by atoms with E-state index in [-0.39, 0.29) is 12.1 Å². The number of hydrogen-bond acceptors (Lipinski definition) is 4. The summed E-state index contributed by atoms with van der Waals surface area (Å²) in [6.07, 6.45) is 2.85. The number of aryl methyl sites for hydroxylation is 1. The summed E-state index contributed by atoms with van der Waals surface area (Å²) in [4.78, 5) is 16.8. The van der Waals surface area contributed by atoms with Crippen molar-refractivity contribution < 1.29 is 8.78 Å². The van der Waals surface area contributed by atoms with Gasteiger partial charge in [-0.3, -0.25) is 4.57 Å². The maximum absolute atomic E-state index is 13.9. The largest absolute Gasteiger partial charge is 0.350 e. The molecule has 0 saturated carbocycles. The molecule has 0 radical (unpaired) electrons. The molecule has 2 aromatic heterocycles. The lowest BCUT2D eigenvalue weighted by Crippen LogP contribution is -2.24. The van der Waals surface area contributed by atoms with Gasteiger partial charge in [0, 0.05) is 12.1 Å². The smallest absolute Gasteiger partial charge is 0.318 e. The predicted molar refractivity (Wildman–Crippen MR) is 104 cm³/mol. The van der Waals surface area contributed by atoms with E-state index in [4.69, 9.17) is 0 Å². The summed E-state index contributed by atoms with van der Waals surface area (Å²) in [6, 6.07) is 12.7. The van der Waals surface area contributed by atoms with Crippen molar-refractivity contribution in [2.75, 3.05) is 0 Å². The van der Waals surface area contributed by atoms with Crippen molar-refractivity contribution in [1.29, 1.82) is 5.26 Å². The fourth-order valence-corrected chi connectivity index (χ4v) is 3.16. The second kappa shape index (κ2) is 7.75. The van der Waals surface area contributed by atoms with Crippen molar-refractivity contribution in [3.05, 3.63) is 99.8 Å². The summed E-state index contributed by atoms with van der Waals surface area (Å²) in [7, 11) is 0. The van der Waals surface area contributed by atoms with Crippen molar-refractivity contribution in [2.45, 2.75) is 20.0 Å². The average Bonchev–Trinajstić information content (AvgIpc) is 3.27. The number of hydrogen-bond donors (Lipinski definition) is 0. The lowest BCUT2D eigenvalue weighted by atomic mass is 10.2. The van der Waals surface area contributed by atoms with Crippen LogP contribution in [0.2, 0.25) is 0 Å². The van der Waals surface area contributed by atoms with Crippen molar-refractivity contribution in [2.24, 2.45) is 0 Å². The van der Waals surface area contributed by atoms with Crippen molar-refractivity contribution in [3.63, 3.8) is 0 Å². The van der Waals surface area contributed by atoms with Crippen LogP contribution in [0, 0.1) is 29.9 Å². The molecule has 150 valence electrons. The third-order valence-electron chi connectivity index (χ3n) is 4.78. The molecule has 7 nitrogen and oxygen atoms in total. The first kappa shape index (κ1) is 19.3. The SMILES string of the molecule is Cc1ncn(Cc2ccc(-n3ncn(Cc4c(F)cccc4F)c3=O)cc2)c1C#N. The van der Waals surface area contributed by atoms with E-state index in [2.05, 4.69) is 16.2 Å². The summed E-state index contributed by atoms with van der Waals surface area (Å²) in [6.45, 7) is 1.97. The average molecular weight is 406 g/mol. The van der Waals surface area contributed by atoms with Crippen molar-refractivity contribution in [3.8, 4) is 11.8 Å². The minimum Gasteiger partial charge on any atom is -0.318 e. The Kier molecular flexibility index (Phi) is 4.98. The minimum absolute atomic E-state index is 0.196. The Bertz CT molecular complexity index is 1290. The molecule has 0 unspecified atom stereocenters. The molecule has 0 spiro atoms. The molecule has 0 aliphatic rings. The minimum atomic E-state index is -0.717. The standard InChI is InChI=1S/C21H16F2N6O/c1-14-20(9-24)27(12-25-14)10-15-5-7-16(8-6-15)29-21(30)28(13-26-29)11-17-18(22)3-2-4-19(17)23/h2-8,12-13H,10-11H2,1H3. The van der Waals surface area contributed by atoms with E-state index in [1.54, 1.807) is 30.0 Å². The van der Waals surface area contributed by atoms with Gasteiger partial charge in [-0.1, -0.05) is 18.2 Å². The van der Waals surface area contributed by atoms with Crippen LogP contribution < -0.4 is 5.69 Å². The lowest BCUT2D eigenvalue weighted by Gasteiger charge is -2.06. The fourth-order valence-electron chi connectivity index (χ4n) is 3.16. The monoisotopic (exact) mass is 406 g/mol. The van der Waals surface area contributed by atoms with E-state index < -0.39 is 17.3 Å². The van der Waals surface area contributed by atoms with Gasteiger partial charge >= 0.3 is 5.69 Å². The first-order chi connectivity index (χ1) is 14.5. The molecule has 2 heterocycles. The zero-order chi connectivity index (χ0) is 21.3. The zero-order valence-corrected chi connectivity index (χ0v) is 16.0. The molecule has 4 aromatic rings. The van der Waals surface area contributed by atoms with Crippen LogP contribution in [0.3, 0.4) is 0 Å². The van der Waals surface area contributed by atoms with Crippen LogP contribution in [0.15, 0.2) is 59.9 Å². The highest BCUT2D eigenvalue weighted by Gasteiger charge is 2.13. The molecule has 0 amide bonds. The molecule has 0 saturated heterocycles. The highest BCUT2D eigenvalue weighted by molar-refractivity contribution is 5.34. The van der Waals surface area contributed by atoms with Gasteiger partial charge in [0.25, 0.3) is 0 Å². The van der Waals surface area contributed by atoms with Crippen LogP contribution in [0.25, 0.3) is 5.69 Å². The molecule has 0 N–H and O–H groups in total. The van der Waals surface area contributed by atoms with Crippen LogP contribution in [-0.2, 0) is 13.1 Å². The highest BCUT2D eigenvalue weighted by atomic mass is 19.1. The Morgan fingerprint density at radius 3 is 2.37 bits per heavy atom. The van der Waals surface area contributed by atoms with E-state index >= 15 is 0 Å². The Labute approximate surface area is 170 Å². The number of rotatable bonds is 5. The first-order valence-electron chi connectivity index (χ1n) is 9.06. The summed E-state index contributed by atoms with van der Waals surface area (Å²) in [5, 5.41) is 13.3. The number of imidazole rings is 1. The quantitative estimate of drug-likeness (QED) is 0.510. The molecule has 0 atom stereocenters. The normalized spacial score (nSPS) is 10.9. The predicted octanol–water partition coefficient (Wildman–Crippen LogP) is 2.79. The Morgan fingerprint density at radius 1 is 1.00 bits per heavy atom. The van der Waals surface area contributed by atoms with Gasteiger partial charge in [-0.05, 0) is 36.8 Å². The zero-order valence-electron chi connectivity index (χ0n) is 16.0. The molecule has 2 aromatic carbocycles. The van der Waals surface area contributed by atoms with Gasteiger partial charge in [0.05, 0.1) is 24.3 Å². The molecule has 0 bridgehead atoms. The number of benzene rings is 2. The molecule has 0 aliphatic carbocycles. The van der Waals surface area contributed by atoms with Crippen molar-refractivity contribution >= 4 is 0 Å². The maximum atomic E-state index is 13.9.